The van der Waals surface area contributed by atoms with Gasteiger partial charge in [0.05, 0.1) is 11.3 Å². The average molecular weight is 434 g/mol. The predicted octanol–water partition coefficient (Wildman–Crippen LogP) is 3.22. The number of carbonyl (C=O) groups excluding carboxylic acids is 4. The third-order valence-electron chi connectivity index (χ3n) is 5.75. The molecule has 2 aromatic carbocycles. The van der Waals surface area contributed by atoms with Crippen LogP contribution in [0, 0.1) is 5.92 Å². The van der Waals surface area contributed by atoms with Crippen molar-refractivity contribution in [1.29, 1.82) is 0 Å². The van der Waals surface area contributed by atoms with Crippen LogP contribution in [0.4, 0.5) is 17.1 Å². The maximum absolute atomic E-state index is 13.8. The van der Waals surface area contributed by atoms with Gasteiger partial charge in [-0.05, 0) is 42.3 Å². The van der Waals surface area contributed by atoms with E-state index in [4.69, 9.17) is 0 Å². The summed E-state index contributed by atoms with van der Waals surface area (Å²) in [6, 6.07) is 13.6. The Kier molecular flexibility index (Phi) is 5.46. The first kappa shape index (κ1) is 21.5. The van der Waals surface area contributed by atoms with Gasteiger partial charge < -0.3 is 15.5 Å². The van der Waals surface area contributed by atoms with Gasteiger partial charge in [0.2, 0.25) is 17.5 Å². The SMILES string of the molecule is CC(=O)Nc1ccc(NC(=O)[C@]23CCC(=O)N2c2ccccc2C(=O)N3CC(C)C)cc1. The summed E-state index contributed by atoms with van der Waals surface area (Å²) in [4.78, 5) is 54.5. The minimum Gasteiger partial charge on any atom is -0.326 e. The second kappa shape index (κ2) is 8.11. The second-order valence-corrected chi connectivity index (χ2v) is 8.59. The smallest absolute Gasteiger partial charge is 0.271 e. The van der Waals surface area contributed by atoms with E-state index in [0.29, 0.717) is 29.2 Å². The van der Waals surface area contributed by atoms with Crippen LogP contribution in [-0.4, -0.2) is 40.7 Å². The molecule has 2 heterocycles. The third-order valence-corrected chi connectivity index (χ3v) is 5.75. The van der Waals surface area contributed by atoms with Crippen LogP contribution in [-0.2, 0) is 14.4 Å². The lowest BCUT2D eigenvalue weighted by atomic mass is 9.94. The van der Waals surface area contributed by atoms with Crippen LogP contribution in [0.5, 0.6) is 0 Å². The number of nitrogens with zero attached hydrogens (tertiary/aromatic N) is 2. The molecule has 0 saturated carbocycles. The highest BCUT2D eigenvalue weighted by Crippen LogP contribution is 2.45. The maximum Gasteiger partial charge on any atom is 0.271 e. The molecule has 4 rings (SSSR count). The number of para-hydroxylation sites is 1. The Bertz CT molecular complexity index is 1100. The van der Waals surface area contributed by atoms with Gasteiger partial charge in [-0.1, -0.05) is 26.0 Å². The van der Waals surface area contributed by atoms with E-state index in [1.165, 1.54) is 11.8 Å². The first-order valence-electron chi connectivity index (χ1n) is 10.7. The summed E-state index contributed by atoms with van der Waals surface area (Å²) in [5, 5.41) is 5.57. The Morgan fingerprint density at radius 1 is 1.00 bits per heavy atom. The molecule has 8 heteroatoms. The molecule has 8 nitrogen and oxygen atoms in total. The van der Waals surface area contributed by atoms with Crippen molar-refractivity contribution < 1.29 is 19.2 Å². The Hall–Kier alpha value is -3.68. The van der Waals surface area contributed by atoms with Crippen molar-refractivity contribution >= 4 is 40.7 Å². The summed E-state index contributed by atoms with van der Waals surface area (Å²) in [5.74, 6) is -0.960. The molecular formula is C24H26N4O4. The molecule has 32 heavy (non-hydrogen) atoms. The van der Waals surface area contributed by atoms with Crippen molar-refractivity contribution in [3.8, 4) is 0 Å². The Balaban J connectivity index is 1.74. The molecule has 0 aliphatic carbocycles. The first-order valence-corrected chi connectivity index (χ1v) is 10.7. The van der Waals surface area contributed by atoms with Crippen molar-refractivity contribution in [3.05, 3.63) is 54.1 Å². The lowest BCUT2D eigenvalue weighted by molar-refractivity contribution is -0.129. The fourth-order valence-corrected chi connectivity index (χ4v) is 4.47. The summed E-state index contributed by atoms with van der Waals surface area (Å²) >= 11 is 0. The van der Waals surface area contributed by atoms with Crippen molar-refractivity contribution in [3.63, 3.8) is 0 Å². The van der Waals surface area contributed by atoms with Crippen molar-refractivity contribution in [2.24, 2.45) is 5.92 Å². The van der Waals surface area contributed by atoms with Gasteiger partial charge in [-0.2, -0.15) is 0 Å². The lowest BCUT2D eigenvalue weighted by Gasteiger charge is -2.49. The fourth-order valence-electron chi connectivity index (χ4n) is 4.47. The van der Waals surface area contributed by atoms with E-state index in [1.807, 2.05) is 13.8 Å². The highest BCUT2D eigenvalue weighted by atomic mass is 16.2. The summed E-state index contributed by atoms with van der Waals surface area (Å²) in [6.45, 7) is 5.70. The Labute approximate surface area is 186 Å². The van der Waals surface area contributed by atoms with Gasteiger partial charge in [-0.3, -0.25) is 24.1 Å². The molecule has 1 atom stereocenters. The zero-order valence-corrected chi connectivity index (χ0v) is 18.3. The highest BCUT2D eigenvalue weighted by Gasteiger charge is 2.60. The summed E-state index contributed by atoms with van der Waals surface area (Å²) < 4.78 is 0. The number of anilines is 3. The van der Waals surface area contributed by atoms with Gasteiger partial charge in [0.15, 0.2) is 0 Å². The number of hydrogen-bond acceptors (Lipinski definition) is 4. The number of rotatable bonds is 5. The molecule has 0 radical (unpaired) electrons. The van der Waals surface area contributed by atoms with E-state index in [1.54, 1.807) is 53.4 Å². The predicted molar refractivity (Wildman–Crippen MR) is 121 cm³/mol. The van der Waals surface area contributed by atoms with Crippen LogP contribution in [0.15, 0.2) is 48.5 Å². The Morgan fingerprint density at radius 3 is 2.25 bits per heavy atom. The molecule has 2 aliphatic rings. The number of benzene rings is 2. The molecule has 2 aromatic rings. The summed E-state index contributed by atoms with van der Waals surface area (Å²) in [5.41, 5.74) is 0.578. The van der Waals surface area contributed by atoms with Gasteiger partial charge in [0, 0.05) is 37.7 Å². The molecule has 0 spiro atoms. The Morgan fingerprint density at radius 2 is 1.62 bits per heavy atom. The number of carbonyl (C=O) groups is 4. The zero-order valence-electron chi connectivity index (χ0n) is 18.3. The van der Waals surface area contributed by atoms with Crippen LogP contribution in [0.2, 0.25) is 0 Å². The molecular weight excluding hydrogens is 408 g/mol. The van der Waals surface area contributed by atoms with Crippen molar-refractivity contribution in [2.75, 3.05) is 22.1 Å². The van der Waals surface area contributed by atoms with Gasteiger partial charge in [-0.15, -0.1) is 0 Å². The number of nitrogens with one attached hydrogen (secondary N) is 2. The number of hydrogen-bond donors (Lipinski definition) is 2. The monoisotopic (exact) mass is 434 g/mol. The number of amides is 4. The van der Waals surface area contributed by atoms with E-state index >= 15 is 0 Å². The lowest BCUT2D eigenvalue weighted by Crippen LogP contribution is -2.69. The minimum atomic E-state index is -1.43. The maximum atomic E-state index is 13.8. The molecule has 1 saturated heterocycles. The molecule has 166 valence electrons. The van der Waals surface area contributed by atoms with Crippen molar-refractivity contribution in [2.45, 2.75) is 39.3 Å². The fraction of sp³-hybridized carbons (Fsp3) is 0.333. The highest BCUT2D eigenvalue weighted by molar-refractivity contribution is 6.18. The standard InChI is InChI=1S/C24H26N4O4/c1-15(2)14-27-22(31)19-6-4-5-7-20(19)28-21(30)12-13-24(27,28)23(32)26-18-10-8-17(9-11-18)25-16(3)29/h4-11,15H,12-14H2,1-3H3,(H,25,29)(H,26,32)/t24-/m0/s1. The van der Waals surface area contributed by atoms with E-state index < -0.39 is 11.6 Å². The minimum absolute atomic E-state index is 0.100. The molecule has 4 amide bonds. The molecule has 2 aliphatic heterocycles. The van der Waals surface area contributed by atoms with Crippen molar-refractivity contribution in [1.82, 2.24) is 4.90 Å². The third kappa shape index (κ3) is 3.51. The van der Waals surface area contributed by atoms with E-state index in [9.17, 15) is 19.2 Å². The zero-order chi connectivity index (χ0) is 23.0. The van der Waals surface area contributed by atoms with Crippen LogP contribution >= 0.6 is 0 Å². The normalized spacial score (nSPS) is 19.6. The van der Waals surface area contributed by atoms with Crippen LogP contribution < -0.4 is 15.5 Å². The van der Waals surface area contributed by atoms with Gasteiger partial charge in [0.25, 0.3) is 11.8 Å². The van der Waals surface area contributed by atoms with E-state index in [0.717, 1.165) is 0 Å². The molecule has 2 N–H and O–H groups in total. The molecule has 1 fully saturated rings. The second-order valence-electron chi connectivity index (χ2n) is 8.59. The summed E-state index contributed by atoms with van der Waals surface area (Å²) in [7, 11) is 0. The largest absolute Gasteiger partial charge is 0.326 e. The van der Waals surface area contributed by atoms with Crippen LogP contribution in [0.1, 0.15) is 44.0 Å². The number of fused-ring (bicyclic) bond motifs is 3. The van der Waals surface area contributed by atoms with E-state index in [-0.39, 0.29) is 36.5 Å². The van der Waals surface area contributed by atoms with Gasteiger partial charge >= 0.3 is 0 Å². The quantitative estimate of drug-likeness (QED) is 0.755. The van der Waals surface area contributed by atoms with Crippen LogP contribution in [0.25, 0.3) is 0 Å². The molecule has 0 bridgehead atoms. The van der Waals surface area contributed by atoms with Gasteiger partial charge in [-0.25, -0.2) is 0 Å². The molecule has 0 aromatic heterocycles. The topological polar surface area (TPSA) is 98.8 Å². The average Bonchev–Trinajstić information content (AvgIpc) is 3.10. The summed E-state index contributed by atoms with van der Waals surface area (Å²) in [6.07, 6.45) is 0.388. The molecule has 0 unspecified atom stereocenters. The van der Waals surface area contributed by atoms with E-state index in [2.05, 4.69) is 10.6 Å². The first-order chi connectivity index (χ1) is 15.2. The van der Waals surface area contributed by atoms with Crippen LogP contribution in [0.3, 0.4) is 0 Å². The van der Waals surface area contributed by atoms with Gasteiger partial charge in [0.1, 0.15) is 0 Å².